The van der Waals surface area contributed by atoms with E-state index in [4.69, 9.17) is 9.47 Å². The van der Waals surface area contributed by atoms with Crippen molar-refractivity contribution >= 4 is 44.1 Å². The van der Waals surface area contributed by atoms with Gasteiger partial charge in [-0.05, 0) is 73.0 Å². The Kier molecular flexibility index (Phi) is 7.47. The lowest BCUT2D eigenvalue weighted by molar-refractivity contribution is -0.132. The summed E-state index contributed by atoms with van der Waals surface area (Å²) in [6.45, 7) is 8.56. The Morgan fingerprint density at radius 2 is 1.87 bits per heavy atom. The standard InChI is InChI=1S/C31H28N2O5S/c1-4-15-37-22-12-10-20(11-13-22)28(34)26-27(21-7-6-8-23(18-21)38-16-5-2)33(30(36)29(26)35)31-32-24-14-9-19(3)17-25(24)39-31/h5-14,17-18,27,34H,2,4,15-16H2,1,3H3/b28-26+. The molecule has 1 unspecified atom stereocenters. The van der Waals surface area contributed by atoms with Gasteiger partial charge in [0.2, 0.25) is 0 Å². The molecule has 39 heavy (non-hydrogen) atoms. The molecule has 1 amide bonds. The minimum absolute atomic E-state index is 0.0152. The molecule has 1 aromatic heterocycles. The molecule has 1 fully saturated rings. The summed E-state index contributed by atoms with van der Waals surface area (Å²) in [6.07, 6.45) is 2.50. The number of nitrogens with zero attached hydrogens (tertiary/aromatic N) is 2. The monoisotopic (exact) mass is 540 g/mol. The summed E-state index contributed by atoms with van der Waals surface area (Å²) in [7, 11) is 0. The van der Waals surface area contributed by atoms with Gasteiger partial charge < -0.3 is 14.6 Å². The number of aliphatic hydroxyl groups is 1. The van der Waals surface area contributed by atoms with Gasteiger partial charge in [0.05, 0.1) is 28.4 Å². The molecule has 1 atom stereocenters. The molecule has 2 heterocycles. The van der Waals surface area contributed by atoms with Crippen LogP contribution < -0.4 is 14.4 Å². The number of ketones is 1. The highest BCUT2D eigenvalue weighted by atomic mass is 32.1. The number of carbonyl (C=O) groups excluding carboxylic acids is 2. The van der Waals surface area contributed by atoms with Crippen LogP contribution in [0.15, 0.2) is 85.0 Å². The van der Waals surface area contributed by atoms with E-state index in [-0.39, 0.29) is 11.3 Å². The molecule has 0 saturated carbocycles. The third kappa shape index (κ3) is 5.15. The van der Waals surface area contributed by atoms with Crippen LogP contribution in [0, 0.1) is 6.92 Å². The Balaban J connectivity index is 1.65. The third-order valence-electron chi connectivity index (χ3n) is 6.33. The number of thiazole rings is 1. The normalized spacial score (nSPS) is 16.6. The van der Waals surface area contributed by atoms with Crippen LogP contribution in [0.4, 0.5) is 5.13 Å². The molecular weight excluding hydrogens is 512 g/mol. The zero-order valence-electron chi connectivity index (χ0n) is 21.7. The van der Waals surface area contributed by atoms with Crippen molar-refractivity contribution in [2.24, 2.45) is 0 Å². The lowest BCUT2D eigenvalue weighted by atomic mass is 9.95. The van der Waals surface area contributed by atoms with Gasteiger partial charge in [0.15, 0.2) is 5.13 Å². The summed E-state index contributed by atoms with van der Waals surface area (Å²) in [6, 6.07) is 18.9. The lowest BCUT2D eigenvalue weighted by Gasteiger charge is -2.23. The second-order valence-corrected chi connectivity index (χ2v) is 10.2. The Morgan fingerprint density at radius 3 is 2.62 bits per heavy atom. The third-order valence-corrected chi connectivity index (χ3v) is 7.34. The van der Waals surface area contributed by atoms with Gasteiger partial charge >= 0.3 is 5.91 Å². The van der Waals surface area contributed by atoms with Crippen molar-refractivity contribution in [3.63, 3.8) is 0 Å². The van der Waals surface area contributed by atoms with Crippen LogP contribution in [0.1, 0.15) is 36.1 Å². The minimum Gasteiger partial charge on any atom is -0.507 e. The quantitative estimate of drug-likeness (QED) is 0.112. The number of aliphatic hydroxyl groups excluding tert-OH is 1. The van der Waals surface area contributed by atoms with Crippen molar-refractivity contribution in [1.29, 1.82) is 0 Å². The van der Waals surface area contributed by atoms with E-state index in [0.717, 1.165) is 22.2 Å². The molecule has 8 heteroatoms. The van der Waals surface area contributed by atoms with E-state index in [9.17, 15) is 14.7 Å². The maximum absolute atomic E-state index is 13.5. The van der Waals surface area contributed by atoms with Crippen LogP contribution >= 0.6 is 11.3 Å². The minimum atomic E-state index is -0.907. The van der Waals surface area contributed by atoms with Gasteiger partial charge in [0.1, 0.15) is 23.9 Å². The molecule has 3 aromatic carbocycles. The summed E-state index contributed by atoms with van der Waals surface area (Å²) in [4.78, 5) is 33.1. The van der Waals surface area contributed by atoms with Crippen LogP contribution in [0.2, 0.25) is 0 Å². The van der Waals surface area contributed by atoms with Crippen molar-refractivity contribution in [3.05, 3.63) is 102 Å². The average Bonchev–Trinajstić information content (AvgIpc) is 3.48. The number of carbonyl (C=O) groups is 2. The molecule has 198 valence electrons. The molecule has 0 spiro atoms. The predicted octanol–water partition coefficient (Wildman–Crippen LogP) is 6.58. The molecule has 0 radical (unpaired) electrons. The average molecular weight is 541 g/mol. The van der Waals surface area contributed by atoms with Gasteiger partial charge in [-0.25, -0.2) is 4.98 Å². The van der Waals surface area contributed by atoms with Gasteiger partial charge in [-0.2, -0.15) is 0 Å². The van der Waals surface area contributed by atoms with E-state index >= 15 is 0 Å². The van der Waals surface area contributed by atoms with Gasteiger partial charge in [0.25, 0.3) is 5.78 Å². The first kappa shape index (κ1) is 26.2. The number of Topliss-reactive ketones (excluding diaryl/α,β-unsaturated/α-hetero) is 1. The number of fused-ring (bicyclic) bond motifs is 1. The number of rotatable bonds is 9. The van der Waals surface area contributed by atoms with Crippen LogP contribution in [-0.2, 0) is 9.59 Å². The zero-order chi connectivity index (χ0) is 27.5. The second-order valence-electron chi connectivity index (χ2n) is 9.18. The van der Waals surface area contributed by atoms with Crippen molar-refractivity contribution in [3.8, 4) is 11.5 Å². The van der Waals surface area contributed by atoms with E-state index < -0.39 is 17.7 Å². The van der Waals surface area contributed by atoms with Crippen molar-refractivity contribution in [1.82, 2.24) is 4.98 Å². The Morgan fingerprint density at radius 1 is 1.08 bits per heavy atom. The molecule has 1 saturated heterocycles. The van der Waals surface area contributed by atoms with Crippen LogP contribution in [0.5, 0.6) is 11.5 Å². The number of ether oxygens (including phenoxy) is 2. The number of aryl methyl sites for hydroxylation is 1. The number of hydrogen-bond donors (Lipinski definition) is 1. The fourth-order valence-corrected chi connectivity index (χ4v) is 5.57. The molecule has 0 bridgehead atoms. The van der Waals surface area contributed by atoms with Gasteiger partial charge in [-0.3, -0.25) is 14.5 Å². The second kappa shape index (κ2) is 11.1. The van der Waals surface area contributed by atoms with Crippen LogP contribution in [-0.4, -0.2) is 35.0 Å². The smallest absolute Gasteiger partial charge is 0.301 e. The highest BCUT2D eigenvalue weighted by Crippen LogP contribution is 2.45. The summed E-state index contributed by atoms with van der Waals surface area (Å²) >= 11 is 1.33. The first-order valence-electron chi connectivity index (χ1n) is 12.7. The Labute approximate surface area is 230 Å². The summed E-state index contributed by atoms with van der Waals surface area (Å²) in [5, 5.41) is 11.8. The molecule has 1 N–H and O–H groups in total. The number of hydrogen-bond acceptors (Lipinski definition) is 7. The van der Waals surface area contributed by atoms with E-state index in [1.54, 1.807) is 54.6 Å². The number of benzene rings is 3. The molecule has 5 rings (SSSR count). The van der Waals surface area contributed by atoms with Crippen molar-refractivity contribution in [2.75, 3.05) is 18.1 Å². The van der Waals surface area contributed by atoms with Gasteiger partial charge in [-0.15, -0.1) is 0 Å². The Bertz CT molecular complexity index is 1590. The van der Waals surface area contributed by atoms with Crippen LogP contribution in [0.25, 0.3) is 16.0 Å². The number of anilines is 1. The summed E-state index contributed by atoms with van der Waals surface area (Å²) in [5.74, 6) is -0.593. The van der Waals surface area contributed by atoms with E-state index in [1.807, 2.05) is 32.0 Å². The maximum Gasteiger partial charge on any atom is 0.301 e. The number of amides is 1. The largest absolute Gasteiger partial charge is 0.507 e. The van der Waals surface area contributed by atoms with Crippen molar-refractivity contribution in [2.45, 2.75) is 26.3 Å². The van der Waals surface area contributed by atoms with Crippen molar-refractivity contribution < 1.29 is 24.2 Å². The van der Waals surface area contributed by atoms with E-state index in [0.29, 0.717) is 41.0 Å². The highest BCUT2D eigenvalue weighted by molar-refractivity contribution is 7.22. The summed E-state index contributed by atoms with van der Waals surface area (Å²) < 4.78 is 12.3. The maximum atomic E-state index is 13.5. The first-order chi connectivity index (χ1) is 18.9. The Hall–Kier alpha value is -4.43. The molecule has 1 aliphatic rings. The first-order valence-corrected chi connectivity index (χ1v) is 13.5. The molecular formula is C31H28N2O5S. The topological polar surface area (TPSA) is 89.0 Å². The SMILES string of the molecule is C=CCOc1cccc(C2/C(=C(\O)c3ccc(OCCC)cc3)C(=O)C(=O)N2c2nc3ccc(C)cc3s2)c1. The van der Waals surface area contributed by atoms with Gasteiger partial charge in [-0.1, -0.05) is 49.1 Å². The molecule has 7 nitrogen and oxygen atoms in total. The fourth-order valence-electron chi connectivity index (χ4n) is 4.48. The molecule has 4 aromatic rings. The highest BCUT2D eigenvalue weighted by Gasteiger charge is 2.48. The van der Waals surface area contributed by atoms with Gasteiger partial charge in [0, 0.05) is 5.56 Å². The lowest BCUT2D eigenvalue weighted by Crippen LogP contribution is -2.29. The number of aromatic nitrogens is 1. The van der Waals surface area contributed by atoms with Crippen LogP contribution in [0.3, 0.4) is 0 Å². The van der Waals surface area contributed by atoms with E-state index in [2.05, 4.69) is 11.6 Å². The predicted molar refractivity (Wildman–Crippen MR) is 154 cm³/mol. The van der Waals surface area contributed by atoms with E-state index in [1.165, 1.54) is 16.2 Å². The molecule has 0 aliphatic carbocycles. The molecule has 1 aliphatic heterocycles. The zero-order valence-corrected chi connectivity index (χ0v) is 22.5. The summed E-state index contributed by atoms with van der Waals surface area (Å²) in [5.41, 5.74) is 2.79. The fraction of sp³-hybridized carbons (Fsp3) is 0.194.